The second-order valence-electron chi connectivity index (χ2n) is 5.72. The van der Waals surface area contributed by atoms with Gasteiger partial charge < -0.3 is 10.6 Å². The highest BCUT2D eigenvalue weighted by Gasteiger charge is 2.25. The number of benzene rings is 1. The second kappa shape index (κ2) is 5.73. The fourth-order valence-corrected chi connectivity index (χ4v) is 4.06. The van der Waals surface area contributed by atoms with E-state index in [1.165, 1.54) is 17.4 Å². The van der Waals surface area contributed by atoms with Crippen LogP contribution >= 0.6 is 11.3 Å². The Labute approximate surface area is 127 Å². The normalized spacial score (nSPS) is 22.4. The first-order chi connectivity index (χ1) is 10.1. The molecule has 2 heterocycles. The lowest BCUT2D eigenvalue weighted by molar-refractivity contribution is 0.0918. The van der Waals surface area contributed by atoms with Crippen LogP contribution in [0.4, 0.5) is 4.39 Å². The van der Waals surface area contributed by atoms with Crippen molar-refractivity contribution >= 4 is 27.3 Å². The van der Waals surface area contributed by atoms with Crippen molar-refractivity contribution in [3.63, 3.8) is 0 Å². The first-order valence-corrected chi connectivity index (χ1v) is 8.08. The molecule has 1 aromatic carbocycles. The summed E-state index contributed by atoms with van der Waals surface area (Å²) in [5.41, 5.74) is 0.743. The molecule has 1 saturated heterocycles. The zero-order chi connectivity index (χ0) is 15.0. The minimum atomic E-state index is -0.254. The SMILES string of the molecule is Cc1c(C(=O)N[C@@H]2CCNC[C@@H]2C)sc2cccc(F)c12. The van der Waals surface area contributed by atoms with Crippen LogP contribution in [0.3, 0.4) is 0 Å². The number of halogens is 1. The Morgan fingerprint density at radius 1 is 1.48 bits per heavy atom. The van der Waals surface area contributed by atoms with E-state index in [-0.39, 0.29) is 17.8 Å². The molecule has 0 saturated carbocycles. The zero-order valence-corrected chi connectivity index (χ0v) is 13.0. The molecule has 0 aliphatic carbocycles. The molecule has 1 aliphatic heterocycles. The van der Waals surface area contributed by atoms with Gasteiger partial charge in [0.25, 0.3) is 5.91 Å². The molecule has 2 aromatic rings. The predicted octanol–water partition coefficient (Wildman–Crippen LogP) is 3.08. The van der Waals surface area contributed by atoms with Crippen LogP contribution in [-0.4, -0.2) is 25.0 Å². The highest BCUT2D eigenvalue weighted by atomic mass is 32.1. The minimum absolute atomic E-state index is 0.0770. The summed E-state index contributed by atoms with van der Waals surface area (Å²) in [6.07, 6.45) is 0.936. The van der Waals surface area contributed by atoms with E-state index < -0.39 is 0 Å². The summed E-state index contributed by atoms with van der Waals surface area (Å²) in [6, 6.07) is 5.18. The van der Waals surface area contributed by atoms with Gasteiger partial charge in [-0.3, -0.25) is 4.79 Å². The standard InChI is InChI=1S/C16H19FN2OS/c1-9-8-18-7-6-12(9)19-16(20)15-10(2)14-11(17)4-3-5-13(14)21-15/h3-5,9,12,18H,6-8H2,1-2H3,(H,19,20)/t9-,12+/m0/s1. The van der Waals surface area contributed by atoms with Gasteiger partial charge in [0.15, 0.2) is 0 Å². The highest BCUT2D eigenvalue weighted by molar-refractivity contribution is 7.21. The molecule has 21 heavy (non-hydrogen) atoms. The summed E-state index contributed by atoms with van der Waals surface area (Å²) >= 11 is 1.37. The number of hydrogen-bond acceptors (Lipinski definition) is 3. The lowest BCUT2D eigenvalue weighted by atomic mass is 9.95. The third kappa shape index (κ3) is 2.68. The number of fused-ring (bicyclic) bond motifs is 1. The Morgan fingerprint density at radius 2 is 2.29 bits per heavy atom. The van der Waals surface area contributed by atoms with E-state index >= 15 is 0 Å². The average Bonchev–Trinajstić information content (AvgIpc) is 2.80. The summed E-state index contributed by atoms with van der Waals surface area (Å²) in [5, 5.41) is 7.01. The van der Waals surface area contributed by atoms with Crippen molar-refractivity contribution in [1.82, 2.24) is 10.6 Å². The van der Waals surface area contributed by atoms with Crippen LogP contribution in [0.1, 0.15) is 28.6 Å². The number of rotatable bonds is 2. The Kier molecular flexibility index (Phi) is 3.95. The van der Waals surface area contributed by atoms with Crippen molar-refractivity contribution in [2.75, 3.05) is 13.1 Å². The van der Waals surface area contributed by atoms with E-state index in [2.05, 4.69) is 17.6 Å². The number of aryl methyl sites for hydroxylation is 1. The Hall–Kier alpha value is -1.46. The number of thiophene rings is 1. The average molecular weight is 306 g/mol. The maximum absolute atomic E-state index is 13.9. The summed E-state index contributed by atoms with van der Waals surface area (Å²) in [7, 11) is 0. The van der Waals surface area contributed by atoms with Crippen molar-refractivity contribution in [3.05, 3.63) is 34.5 Å². The number of carbonyl (C=O) groups excluding carboxylic acids is 1. The molecule has 1 amide bonds. The number of amides is 1. The van der Waals surface area contributed by atoms with Gasteiger partial charge in [0.2, 0.25) is 0 Å². The molecule has 0 spiro atoms. The Morgan fingerprint density at radius 3 is 3.00 bits per heavy atom. The highest BCUT2D eigenvalue weighted by Crippen LogP contribution is 2.32. The van der Waals surface area contributed by atoms with Gasteiger partial charge >= 0.3 is 0 Å². The fraction of sp³-hybridized carbons (Fsp3) is 0.438. The predicted molar refractivity (Wildman–Crippen MR) is 84.4 cm³/mol. The molecular formula is C16H19FN2OS. The lowest BCUT2D eigenvalue weighted by Crippen LogP contribution is -2.48. The second-order valence-corrected chi connectivity index (χ2v) is 6.77. The third-order valence-electron chi connectivity index (χ3n) is 4.21. The molecule has 1 aromatic heterocycles. The van der Waals surface area contributed by atoms with Crippen LogP contribution in [-0.2, 0) is 0 Å². The van der Waals surface area contributed by atoms with Crippen molar-refractivity contribution in [2.24, 2.45) is 5.92 Å². The van der Waals surface area contributed by atoms with E-state index in [9.17, 15) is 9.18 Å². The summed E-state index contributed by atoms with van der Waals surface area (Å²) in [5.74, 6) is 0.0801. The zero-order valence-electron chi connectivity index (χ0n) is 12.2. The van der Waals surface area contributed by atoms with Gasteiger partial charge in [0.05, 0.1) is 4.88 Å². The van der Waals surface area contributed by atoms with Crippen molar-refractivity contribution in [3.8, 4) is 0 Å². The van der Waals surface area contributed by atoms with Crippen molar-refractivity contribution in [1.29, 1.82) is 0 Å². The maximum Gasteiger partial charge on any atom is 0.261 e. The van der Waals surface area contributed by atoms with E-state index in [0.29, 0.717) is 16.2 Å². The molecule has 1 fully saturated rings. The molecule has 3 nitrogen and oxygen atoms in total. The van der Waals surface area contributed by atoms with Gasteiger partial charge in [-0.1, -0.05) is 13.0 Å². The molecule has 2 atom stereocenters. The van der Waals surface area contributed by atoms with Crippen molar-refractivity contribution < 1.29 is 9.18 Å². The number of hydrogen-bond donors (Lipinski definition) is 2. The first kappa shape index (κ1) is 14.5. The maximum atomic E-state index is 13.9. The topological polar surface area (TPSA) is 41.1 Å². The molecule has 1 aliphatic rings. The fourth-order valence-electron chi connectivity index (χ4n) is 2.93. The molecule has 112 valence electrons. The Balaban J connectivity index is 1.88. The molecule has 0 unspecified atom stereocenters. The van der Waals surface area contributed by atoms with Gasteiger partial charge in [-0.05, 0) is 50.0 Å². The van der Waals surface area contributed by atoms with E-state index in [1.807, 2.05) is 13.0 Å². The van der Waals surface area contributed by atoms with Crippen LogP contribution in [0.2, 0.25) is 0 Å². The van der Waals surface area contributed by atoms with Crippen LogP contribution in [0.25, 0.3) is 10.1 Å². The van der Waals surface area contributed by atoms with Gasteiger partial charge in [-0.25, -0.2) is 4.39 Å². The van der Waals surface area contributed by atoms with Gasteiger partial charge in [-0.15, -0.1) is 11.3 Å². The van der Waals surface area contributed by atoms with Gasteiger partial charge in [0, 0.05) is 16.1 Å². The summed E-state index contributed by atoms with van der Waals surface area (Å²) in [6.45, 7) is 5.80. The molecule has 0 bridgehead atoms. The summed E-state index contributed by atoms with van der Waals surface area (Å²) in [4.78, 5) is 13.1. The van der Waals surface area contributed by atoms with Gasteiger partial charge in [0.1, 0.15) is 5.82 Å². The number of piperidine rings is 1. The largest absolute Gasteiger partial charge is 0.348 e. The molecular weight excluding hydrogens is 287 g/mol. The van der Waals surface area contributed by atoms with Crippen LogP contribution < -0.4 is 10.6 Å². The molecule has 2 N–H and O–H groups in total. The van der Waals surface area contributed by atoms with E-state index in [4.69, 9.17) is 0 Å². The smallest absolute Gasteiger partial charge is 0.261 e. The summed E-state index contributed by atoms with van der Waals surface area (Å²) < 4.78 is 14.7. The number of nitrogens with one attached hydrogen (secondary N) is 2. The van der Waals surface area contributed by atoms with Crippen LogP contribution in [0, 0.1) is 18.7 Å². The first-order valence-electron chi connectivity index (χ1n) is 7.27. The van der Waals surface area contributed by atoms with Crippen LogP contribution in [0.15, 0.2) is 18.2 Å². The monoisotopic (exact) mass is 306 g/mol. The Bertz CT molecular complexity index is 682. The van der Waals surface area contributed by atoms with Crippen LogP contribution in [0.5, 0.6) is 0 Å². The molecule has 5 heteroatoms. The molecule has 0 radical (unpaired) electrons. The molecule has 3 rings (SSSR count). The minimum Gasteiger partial charge on any atom is -0.348 e. The lowest BCUT2D eigenvalue weighted by Gasteiger charge is -2.30. The van der Waals surface area contributed by atoms with E-state index in [1.54, 1.807) is 6.07 Å². The van der Waals surface area contributed by atoms with Gasteiger partial charge in [-0.2, -0.15) is 0 Å². The van der Waals surface area contributed by atoms with Crippen molar-refractivity contribution in [2.45, 2.75) is 26.3 Å². The number of carbonyl (C=O) groups is 1. The third-order valence-corrected chi connectivity index (χ3v) is 5.47. The van der Waals surface area contributed by atoms with E-state index in [0.717, 1.165) is 29.8 Å². The quantitative estimate of drug-likeness (QED) is 0.895.